The summed E-state index contributed by atoms with van der Waals surface area (Å²) in [5, 5.41) is 3.39. The Hall–Kier alpha value is -1.62. The molecule has 1 N–H and O–H groups in total. The van der Waals surface area contributed by atoms with Crippen LogP contribution in [-0.2, 0) is 12.6 Å². The number of halogens is 3. The first kappa shape index (κ1) is 18.7. The van der Waals surface area contributed by atoms with E-state index in [2.05, 4.69) is 18.3 Å². The molecule has 2 aliphatic rings. The van der Waals surface area contributed by atoms with Crippen LogP contribution in [0.1, 0.15) is 49.3 Å². The van der Waals surface area contributed by atoms with Gasteiger partial charge in [0.2, 0.25) is 0 Å². The van der Waals surface area contributed by atoms with Gasteiger partial charge in [-0.1, -0.05) is 49.7 Å². The van der Waals surface area contributed by atoms with Crippen molar-refractivity contribution in [3.63, 3.8) is 0 Å². The maximum atomic E-state index is 13.4. The standard InChI is InChI=1S/C22H24F3NS/c1-14-5-4-6-15(9-14)13-26-19-11-17(22(23,24)25)12-21-18(19)10-16-7-2-3-8-20(16)27-21/h2-3,7-8,11-12,14-15,26H,4-6,9-10,13H2,1H3/t14-,15-/m0/s1. The summed E-state index contributed by atoms with van der Waals surface area (Å²) < 4.78 is 40.3. The normalized spacial score (nSPS) is 22.1. The Morgan fingerprint density at radius 3 is 2.70 bits per heavy atom. The molecule has 5 heteroatoms. The summed E-state index contributed by atoms with van der Waals surface area (Å²) in [7, 11) is 0. The van der Waals surface area contributed by atoms with E-state index < -0.39 is 11.7 Å². The van der Waals surface area contributed by atoms with Gasteiger partial charge in [-0.25, -0.2) is 0 Å². The molecule has 1 heterocycles. The lowest BCUT2D eigenvalue weighted by molar-refractivity contribution is -0.137. The Morgan fingerprint density at radius 2 is 1.93 bits per heavy atom. The maximum Gasteiger partial charge on any atom is 0.416 e. The molecule has 2 atom stereocenters. The summed E-state index contributed by atoms with van der Waals surface area (Å²) in [6.07, 6.45) is 1.16. The van der Waals surface area contributed by atoms with Crippen molar-refractivity contribution >= 4 is 17.4 Å². The van der Waals surface area contributed by atoms with E-state index in [4.69, 9.17) is 0 Å². The topological polar surface area (TPSA) is 12.0 Å². The third-order valence-electron chi connectivity index (χ3n) is 5.72. The van der Waals surface area contributed by atoms with Gasteiger partial charge in [-0.2, -0.15) is 13.2 Å². The van der Waals surface area contributed by atoms with E-state index in [9.17, 15) is 13.2 Å². The summed E-state index contributed by atoms with van der Waals surface area (Å²) in [4.78, 5) is 1.78. The Balaban J connectivity index is 1.63. The molecule has 1 nitrogen and oxygen atoms in total. The van der Waals surface area contributed by atoms with Crippen LogP contribution in [0.5, 0.6) is 0 Å². The highest BCUT2D eigenvalue weighted by Crippen LogP contribution is 2.45. The average molecular weight is 392 g/mol. The summed E-state index contributed by atoms with van der Waals surface area (Å²) in [6, 6.07) is 10.6. The molecule has 1 aliphatic carbocycles. The molecule has 0 saturated heterocycles. The monoisotopic (exact) mass is 391 g/mol. The molecule has 0 bridgehead atoms. The van der Waals surface area contributed by atoms with Gasteiger partial charge in [0.05, 0.1) is 5.56 Å². The third-order valence-corrected chi connectivity index (χ3v) is 6.92. The van der Waals surface area contributed by atoms with Crippen LogP contribution >= 0.6 is 11.8 Å². The maximum absolute atomic E-state index is 13.4. The number of rotatable bonds is 3. The molecule has 0 radical (unpaired) electrons. The van der Waals surface area contributed by atoms with Crippen LogP contribution in [0.3, 0.4) is 0 Å². The number of anilines is 1. The van der Waals surface area contributed by atoms with E-state index in [0.29, 0.717) is 23.9 Å². The minimum absolute atomic E-state index is 0.544. The molecule has 2 aromatic carbocycles. The second-order valence-corrected chi connectivity index (χ2v) is 8.99. The van der Waals surface area contributed by atoms with Crippen LogP contribution in [0.4, 0.5) is 18.9 Å². The summed E-state index contributed by atoms with van der Waals surface area (Å²) in [5.74, 6) is 1.26. The van der Waals surface area contributed by atoms with Crippen LogP contribution in [-0.4, -0.2) is 6.54 Å². The second kappa shape index (κ2) is 7.42. The number of fused-ring (bicyclic) bond motifs is 2. The van der Waals surface area contributed by atoms with Crippen molar-refractivity contribution in [1.29, 1.82) is 0 Å². The van der Waals surface area contributed by atoms with Gasteiger partial charge in [-0.05, 0) is 54.0 Å². The van der Waals surface area contributed by atoms with Gasteiger partial charge in [0, 0.05) is 28.4 Å². The molecule has 1 fully saturated rings. The molecule has 0 aromatic heterocycles. The van der Waals surface area contributed by atoms with Gasteiger partial charge in [0.15, 0.2) is 0 Å². The van der Waals surface area contributed by atoms with Crippen molar-refractivity contribution in [3.8, 4) is 0 Å². The first-order valence-electron chi connectivity index (χ1n) is 9.64. The van der Waals surface area contributed by atoms with Crippen LogP contribution in [0.15, 0.2) is 46.2 Å². The van der Waals surface area contributed by atoms with Gasteiger partial charge in [0.1, 0.15) is 0 Å². The molecule has 0 amide bonds. The van der Waals surface area contributed by atoms with E-state index in [-0.39, 0.29) is 0 Å². The Kier molecular flexibility index (Phi) is 5.15. The van der Waals surface area contributed by atoms with E-state index in [0.717, 1.165) is 34.7 Å². The van der Waals surface area contributed by atoms with E-state index in [1.807, 2.05) is 18.2 Å². The van der Waals surface area contributed by atoms with Crippen LogP contribution in [0.2, 0.25) is 0 Å². The van der Waals surface area contributed by atoms with Crippen molar-refractivity contribution < 1.29 is 13.2 Å². The van der Waals surface area contributed by atoms with Gasteiger partial charge in [-0.3, -0.25) is 0 Å². The summed E-state index contributed by atoms with van der Waals surface area (Å²) in [5.41, 5.74) is 2.27. The molecule has 2 aromatic rings. The molecule has 1 saturated carbocycles. The predicted molar refractivity (Wildman–Crippen MR) is 104 cm³/mol. The number of hydrogen-bond donors (Lipinski definition) is 1. The van der Waals surface area contributed by atoms with Gasteiger partial charge in [0.25, 0.3) is 0 Å². The molecule has 0 spiro atoms. The van der Waals surface area contributed by atoms with Crippen molar-refractivity contribution in [2.45, 2.75) is 55.0 Å². The Morgan fingerprint density at radius 1 is 1.11 bits per heavy atom. The molecule has 4 rings (SSSR count). The SMILES string of the molecule is C[C@H]1CCC[C@H](CNc2cc(C(F)(F)F)cc3c2Cc2ccccc2S3)C1. The third kappa shape index (κ3) is 4.13. The van der Waals surface area contributed by atoms with Crippen LogP contribution in [0.25, 0.3) is 0 Å². The van der Waals surface area contributed by atoms with Gasteiger partial charge < -0.3 is 5.32 Å². The lowest BCUT2D eigenvalue weighted by Crippen LogP contribution is -2.22. The van der Waals surface area contributed by atoms with Crippen molar-refractivity contribution in [2.75, 3.05) is 11.9 Å². The van der Waals surface area contributed by atoms with Crippen molar-refractivity contribution in [3.05, 3.63) is 53.1 Å². The zero-order valence-electron chi connectivity index (χ0n) is 15.4. The number of benzene rings is 2. The number of hydrogen-bond acceptors (Lipinski definition) is 2. The van der Waals surface area contributed by atoms with Crippen LogP contribution < -0.4 is 5.32 Å². The molecule has 144 valence electrons. The van der Waals surface area contributed by atoms with E-state index in [1.165, 1.54) is 42.3 Å². The minimum Gasteiger partial charge on any atom is -0.384 e. The average Bonchev–Trinajstić information content (AvgIpc) is 2.63. The predicted octanol–water partition coefficient (Wildman–Crippen LogP) is 7.00. The highest BCUT2D eigenvalue weighted by molar-refractivity contribution is 7.99. The highest BCUT2D eigenvalue weighted by atomic mass is 32.2. The zero-order chi connectivity index (χ0) is 19.0. The largest absolute Gasteiger partial charge is 0.416 e. The molecule has 27 heavy (non-hydrogen) atoms. The highest BCUT2D eigenvalue weighted by Gasteiger charge is 2.33. The van der Waals surface area contributed by atoms with Crippen LogP contribution in [0, 0.1) is 11.8 Å². The molecule has 0 unspecified atom stereocenters. The van der Waals surface area contributed by atoms with Crippen molar-refractivity contribution in [1.82, 2.24) is 0 Å². The van der Waals surface area contributed by atoms with Gasteiger partial charge in [-0.15, -0.1) is 0 Å². The Bertz CT molecular complexity index is 831. The molecule has 1 aliphatic heterocycles. The fourth-order valence-electron chi connectivity index (χ4n) is 4.30. The fourth-order valence-corrected chi connectivity index (χ4v) is 5.44. The number of alkyl halides is 3. The first-order valence-corrected chi connectivity index (χ1v) is 10.5. The second-order valence-electron chi connectivity index (χ2n) is 7.90. The lowest BCUT2D eigenvalue weighted by Gasteiger charge is -2.29. The summed E-state index contributed by atoms with van der Waals surface area (Å²) in [6.45, 7) is 3.02. The Labute approximate surface area is 162 Å². The van der Waals surface area contributed by atoms with E-state index in [1.54, 1.807) is 0 Å². The van der Waals surface area contributed by atoms with E-state index >= 15 is 0 Å². The quantitative estimate of drug-likeness (QED) is 0.516. The minimum atomic E-state index is -4.33. The number of nitrogens with one attached hydrogen (secondary N) is 1. The first-order chi connectivity index (χ1) is 12.9. The smallest absolute Gasteiger partial charge is 0.384 e. The van der Waals surface area contributed by atoms with Crippen molar-refractivity contribution in [2.24, 2.45) is 11.8 Å². The molecular formula is C22H24F3NS. The van der Waals surface area contributed by atoms with Gasteiger partial charge >= 0.3 is 6.18 Å². The zero-order valence-corrected chi connectivity index (χ0v) is 16.2. The molecular weight excluding hydrogens is 367 g/mol. The fraction of sp³-hybridized carbons (Fsp3) is 0.455. The lowest BCUT2D eigenvalue weighted by atomic mass is 9.82. The summed E-state index contributed by atoms with van der Waals surface area (Å²) >= 11 is 1.45.